The van der Waals surface area contributed by atoms with Crippen molar-refractivity contribution in [3.05, 3.63) is 66.0 Å². The number of ketones is 1. The standard InChI is InChI=1S/C19H24N2O/c1-19(2,12-10-16-7-4-3-5-8-16)21-14-11-18(22)17-9-6-13-20-15-17/h3-9,13,15,21H,10-12,14H2,1-2H3. The van der Waals surface area contributed by atoms with Gasteiger partial charge in [0.05, 0.1) is 0 Å². The van der Waals surface area contributed by atoms with Crippen molar-refractivity contribution in [3.8, 4) is 0 Å². The molecule has 1 N–H and O–H groups in total. The van der Waals surface area contributed by atoms with Crippen molar-refractivity contribution in [3.63, 3.8) is 0 Å². The van der Waals surface area contributed by atoms with Crippen LogP contribution in [0.5, 0.6) is 0 Å². The Balaban J connectivity index is 1.74. The number of carbonyl (C=O) groups is 1. The van der Waals surface area contributed by atoms with Crippen LogP contribution >= 0.6 is 0 Å². The van der Waals surface area contributed by atoms with Gasteiger partial charge >= 0.3 is 0 Å². The van der Waals surface area contributed by atoms with E-state index in [1.54, 1.807) is 18.5 Å². The maximum absolute atomic E-state index is 12.0. The Labute approximate surface area is 132 Å². The van der Waals surface area contributed by atoms with Gasteiger partial charge in [-0.15, -0.1) is 0 Å². The fourth-order valence-electron chi connectivity index (χ4n) is 2.38. The molecule has 0 saturated heterocycles. The lowest BCUT2D eigenvalue weighted by molar-refractivity contribution is 0.0979. The number of hydrogen-bond acceptors (Lipinski definition) is 3. The Morgan fingerprint density at radius 1 is 1.14 bits per heavy atom. The van der Waals surface area contributed by atoms with Gasteiger partial charge < -0.3 is 5.32 Å². The lowest BCUT2D eigenvalue weighted by Gasteiger charge is -2.26. The van der Waals surface area contributed by atoms with Crippen molar-refractivity contribution in [2.45, 2.75) is 38.6 Å². The predicted octanol–water partition coefficient (Wildman–Crippen LogP) is 3.66. The molecular formula is C19H24N2O. The van der Waals surface area contributed by atoms with E-state index in [2.05, 4.69) is 48.4 Å². The maximum Gasteiger partial charge on any atom is 0.165 e. The number of aryl methyl sites for hydroxylation is 1. The molecule has 0 atom stereocenters. The second-order valence-electron chi connectivity index (χ2n) is 6.21. The summed E-state index contributed by atoms with van der Waals surface area (Å²) in [4.78, 5) is 16.0. The van der Waals surface area contributed by atoms with Crippen molar-refractivity contribution in [2.75, 3.05) is 6.54 Å². The minimum Gasteiger partial charge on any atom is -0.311 e. The number of carbonyl (C=O) groups excluding carboxylic acids is 1. The van der Waals surface area contributed by atoms with Crippen LogP contribution in [0, 0.1) is 0 Å². The molecule has 1 heterocycles. The van der Waals surface area contributed by atoms with E-state index in [4.69, 9.17) is 0 Å². The molecule has 3 heteroatoms. The van der Waals surface area contributed by atoms with Crippen LogP contribution < -0.4 is 5.32 Å². The van der Waals surface area contributed by atoms with Gasteiger partial charge in [0.2, 0.25) is 0 Å². The highest BCUT2D eigenvalue weighted by atomic mass is 16.1. The van der Waals surface area contributed by atoms with Crippen molar-refractivity contribution in [2.24, 2.45) is 0 Å². The van der Waals surface area contributed by atoms with Crippen molar-refractivity contribution in [1.82, 2.24) is 10.3 Å². The van der Waals surface area contributed by atoms with Crippen LogP contribution in [0.4, 0.5) is 0 Å². The quantitative estimate of drug-likeness (QED) is 0.756. The summed E-state index contributed by atoms with van der Waals surface area (Å²) in [5, 5.41) is 3.49. The van der Waals surface area contributed by atoms with E-state index in [1.807, 2.05) is 12.1 Å². The minimum atomic E-state index is 0.0189. The second-order valence-corrected chi connectivity index (χ2v) is 6.21. The number of hydrogen-bond donors (Lipinski definition) is 1. The van der Waals surface area contributed by atoms with E-state index in [1.165, 1.54) is 5.56 Å². The first-order chi connectivity index (χ1) is 10.6. The number of benzene rings is 1. The average molecular weight is 296 g/mol. The normalized spacial score (nSPS) is 11.4. The van der Waals surface area contributed by atoms with E-state index in [-0.39, 0.29) is 11.3 Å². The molecule has 2 aromatic rings. The Hall–Kier alpha value is -2.00. The van der Waals surface area contributed by atoms with Gasteiger partial charge in [0.15, 0.2) is 5.78 Å². The molecule has 0 aliphatic heterocycles. The average Bonchev–Trinajstić information content (AvgIpc) is 2.55. The predicted molar refractivity (Wildman–Crippen MR) is 90.0 cm³/mol. The molecule has 3 nitrogen and oxygen atoms in total. The summed E-state index contributed by atoms with van der Waals surface area (Å²) in [6.45, 7) is 5.06. The Bertz CT molecular complexity index is 579. The maximum atomic E-state index is 12.0. The first-order valence-corrected chi connectivity index (χ1v) is 7.79. The van der Waals surface area contributed by atoms with E-state index >= 15 is 0 Å². The molecule has 0 aliphatic rings. The topological polar surface area (TPSA) is 42.0 Å². The SMILES string of the molecule is CC(C)(CCc1ccccc1)NCCC(=O)c1cccnc1. The third kappa shape index (κ3) is 5.41. The van der Waals surface area contributed by atoms with E-state index in [9.17, 15) is 4.79 Å². The molecule has 1 aromatic carbocycles. The highest BCUT2D eigenvalue weighted by molar-refractivity contribution is 5.95. The molecular weight excluding hydrogens is 272 g/mol. The van der Waals surface area contributed by atoms with Gasteiger partial charge in [0.25, 0.3) is 0 Å². The molecule has 22 heavy (non-hydrogen) atoms. The van der Waals surface area contributed by atoms with Crippen LogP contribution in [0.2, 0.25) is 0 Å². The largest absolute Gasteiger partial charge is 0.311 e. The molecule has 0 spiro atoms. The van der Waals surface area contributed by atoms with Gasteiger partial charge in [-0.3, -0.25) is 9.78 Å². The molecule has 0 amide bonds. The van der Waals surface area contributed by atoms with E-state index in [0.717, 1.165) is 12.8 Å². The van der Waals surface area contributed by atoms with Crippen molar-refractivity contribution in [1.29, 1.82) is 0 Å². The minimum absolute atomic E-state index is 0.0189. The lowest BCUT2D eigenvalue weighted by Crippen LogP contribution is -2.40. The first-order valence-electron chi connectivity index (χ1n) is 7.79. The molecule has 0 fully saturated rings. The molecule has 2 rings (SSSR count). The summed E-state index contributed by atoms with van der Waals surface area (Å²) in [5.41, 5.74) is 2.06. The Morgan fingerprint density at radius 2 is 1.91 bits per heavy atom. The first kappa shape index (κ1) is 16.4. The summed E-state index contributed by atoms with van der Waals surface area (Å²) >= 11 is 0. The molecule has 0 bridgehead atoms. The van der Waals surface area contributed by atoms with Crippen LogP contribution in [-0.2, 0) is 6.42 Å². The highest BCUT2D eigenvalue weighted by Gasteiger charge is 2.17. The van der Waals surface area contributed by atoms with Crippen molar-refractivity contribution < 1.29 is 4.79 Å². The number of aromatic nitrogens is 1. The van der Waals surface area contributed by atoms with Crippen LogP contribution in [0.25, 0.3) is 0 Å². The molecule has 0 unspecified atom stereocenters. The van der Waals surface area contributed by atoms with Gasteiger partial charge in [-0.2, -0.15) is 0 Å². The van der Waals surface area contributed by atoms with Crippen LogP contribution in [0.3, 0.4) is 0 Å². The van der Waals surface area contributed by atoms with Crippen LogP contribution in [-0.4, -0.2) is 22.9 Å². The summed E-state index contributed by atoms with van der Waals surface area (Å²) in [6, 6.07) is 14.1. The van der Waals surface area contributed by atoms with Gasteiger partial charge in [-0.05, 0) is 44.4 Å². The lowest BCUT2D eigenvalue weighted by atomic mass is 9.95. The summed E-state index contributed by atoms with van der Waals surface area (Å²) < 4.78 is 0. The molecule has 0 radical (unpaired) electrons. The summed E-state index contributed by atoms with van der Waals surface area (Å²) in [6.07, 6.45) is 5.89. The number of rotatable bonds is 8. The van der Waals surface area contributed by atoms with Gasteiger partial charge in [-0.25, -0.2) is 0 Å². The number of pyridine rings is 1. The number of nitrogens with zero attached hydrogens (tertiary/aromatic N) is 1. The smallest absolute Gasteiger partial charge is 0.165 e. The molecule has 1 aromatic heterocycles. The fraction of sp³-hybridized carbons (Fsp3) is 0.368. The Kier molecular flexibility index (Phi) is 5.84. The fourth-order valence-corrected chi connectivity index (χ4v) is 2.38. The van der Waals surface area contributed by atoms with Crippen LogP contribution in [0.15, 0.2) is 54.9 Å². The summed E-state index contributed by atoms with van der Waals surface area (Å²) in [7, 11) is 0. The zero-order valence-corrected chi connectivity index (χ0v) is 13.4. The zero-order chi connectivity index (χ0) is 15.8. The highest BCUT2D eigenvalue weighted by Crippen LogP contribution is 2.13. The van der Waals surface area contributed by atoms with E-state index in [0.29, 0.717) is 18.5 Å². The van der Waals surface area contributed by atoms with Crippen molar-refractivity contribution >= 4 is 5.78 Å². The number of Topliss-reactive ketones (excluding diaryl/α,β-unsaturated/α-hetero) is 1. The zero-order valence-electron chi connectivity index (χ0n) is 13.4. The molecule has 116 valence electrons. The van der Waals surface area contributed by atoms with E-state index < -0.39 is 0 Å². The third-order valence-corrected chi connectivity index (χ3v) is 3.82. The Morgan fingerprint density at radius 3 is 2.59 bits per heavy atom. The second kappa shape index (κ2) is 7.85. The van der Waals surface area contributed by atoms with Gasteiger partial charge in [0.1, 0.15) is 0 Å². The third-order valence-electron chi connectivity index (χ3n) is 3.82. The summed E-state index contributed by atoms with van der Waals surface area (Å²) in [5.74, 6) is 0.138. The molecule has 0 aliphatic carbocycles. The van der Waals surface area contributed by atoms with Gasteiger partial charge in [0, 0.05) is 36.5 Å². The van der Waals surface area contributed by atoms with Gasteiger partial charge in [-0.1, -0.05) is 30.3 Å². The number of nitrogens with one attached hydrogen (secondary N) is 1. The molecule has 0 saturated carbocycles. The monoisotopic (exact) mass is 296 g/mol. The van der Waals surface area contributed by atoms with Crippen LogP contribution in [0.1, 0.15) is 42.6 Å².